The molecule has 2 aliphatic rings. The average molecular weight is 328 g/mol. The molecule has 1 unspecified atom stereocenters. The maximum atomic E-state index is 14.6. The highest BCUT2D eigenvalue weighted by atomic mass is 19.1. The number of aliphatic hydroxyl groups is 1. The molecule has 6 heteroatoms. The normalized spacial score (nSPS) is 19.6. The van der Waals surface area contributed by atoms with Crippen LogP contribution in [-0.2, 0) is 17.8 Å². The van der Waals surface area contributed by atoms with Crippen LogP contribution in [0.1, 0.15) is 11.1 Å². The van der Waals surface area contributed by atoms with Crippen molar-refractivity contribution < 1.29 is 19.0 Å². The van der Waals surface area contributed by atoms with E-state index in [0.29, 0.717) is 24.5 Å². The number of benzene rings is 2. The molecule has 24 heavy (non-hydrogen) atoms. The van der Waals surface area contributed by atoms with Crippen LogP contribution >= 0.6 is 0 Å². The molecule has 4 rings (SSSR count). The molecular formula is C18H17FN2O3. The lowest BCUT2D eigenvalue weighted by molar-refractivity contribution is 0.0963. The summed E-state index contributed by atoms with van der Waals surface area (Å²) in [4.78, 5) is 15.1. The van der Waals surface area contributed by atoms with Gasteiger partial charge in [0, 0.05) is 13.1 Å². The van der Waals surface area contributed by atoms with Crippen molar-refractivity contribution in [3.8, 4) is 0 Å². The van der Waals surface area contributed by atoms with Gasteiger partial charge in [0.25, 0.3) is 0 Å². The maximum Gasteiger partial charge on any atom is 0.414 e. The van der Waals surface area contributed by atoms with Crippen LogP contribution in [0.25, 0.3) is 0 Å². The van der Waals surface area contributed by atoms with Crippen LogP contribution in [0.5, 0.6) is 0 Å². The molecule has 2 aromatic carbocycles. The highest BCUT2D eigenvalue weighted by Crippen LogP contribution is 2.32. The zero-order valence-corrected chi connectivity index (χ0v) is 13.0. The van der Waals surface area contributed by atoms with E-state index in [1.165, 1.54) is 22.1 Å². The van der Waals surface area contributed by atoms with Gasteiger partial charge in [0.05, 0.1) is 24.5 Å². The molecule has 0 radical (unpaired) electrons. The molecule has 1 N–H and O–H groups in total. The molecular weight excluding hydrogens is 311 g/mol. The van der Waals surface area contributed by atoms with Gasteiger partial charge in [0.1, 0.15) is 11.9 Å². The number of rotatable bonds is 3. The smallest absolute Gasteiger partial charge is 0.414 e. The molecule has 0 bridgehead atoms. The fraction of sp³-hybridized carbons (Fsp3) is 0.278. The van der Waals surface area contributed by atoms with Crippen molar-refractivity contribution in [3.05, 3.63) is 59.4 Å². The summed E-state index contributed by atoms with van der Waals surface area (Å²) < 4.78 is 19.6. The van der Waals surface area contributed by atoms with Crippen LogP contribution < -0.4 is 9.80 Å². The number of carbonyl (C=O) groups excluding carboxylic acids is 1. The summed E-state index contributed by atoms with van der Waals surface area (Å²) in [5.74, 6) is -0.374. The Morgan fingerprint density at radius 2 is 1.88 bits per heavy atom. The number of aliphatic hydroxyl groups excluding tert-OH is 1. The molecule has 2 heterocycles. The lowest BCUT2D eigenvalue weighted by atomic mass is 10.1. The number of hydrogen-bond acceptors (Lipinski definition) is 4. The highest BCUT2D eigenvalue weighted by Gasteiger charge is 2.32. The van der Waals surface area contributed by atoms with Crippen LogP contribution in [0.3, 0.4) is 0 Å². The molecule has 0 spiro atoms. The number of ether oxygens (including phenoxy) is 1. The summed E-state index contributed by atoms with van der Waals surface area (Å²) in [7, 11) is 0. The molecule has 0 saturated carbocycles. The van der Waals surface area contributed by atoms with E-state index >= 15 is 0 Å². The Morgan fingerprint density at radius 1 is 1.17 bits per heavy atom. The Bertz CT molecular complexity index is 771. The minimum atomic E-state index is -0.562. The van der Waals surface area contributed by atoms with Gasteiger partial charge in [-0.15, -0.1) is 0 Å². The van der Waals surface area contributed by atoms with Crippen molar-refractivity contribution in [2.24, 2.45) is 0 Å². The van der Waals surface area contributed by atoms with Gasteiger partial charge in [-0.2, -0.15) is 0 Å². The predicted octanol–water partition coefficient (Wildman–Crippen LogP) is 2.66. The predicted molar refractivity (Wildman–Crippen MR) is 87.4 cm³/mol. The quantitative estimate of drug-likeness (QED) is 0.941. The monoisotopic (exact) mass is 328 g/mol. The lowest BCUT2D eigenvalue weighted by Crippen LogP contribution is -2.25. The number of anilines is 2. The van der Waals surface area contributed by atoms with Gasteiger partial charge >= 0.3 is 6.09 Å². The van der Waals surface area contributed by atoms with Gasteiger partial charge < -0.3 is 14.7 Å². The number of nitrogens with zero attached hydrogens (tertiary/aromatic N) is 2. The summed E-state index contributed by atoms with van der Waals surface area (Å²) in [5, 5.41) is 9.09. The second-order valence-corrected chi connectivity index (χ2v) is 6.06. The van der Waals surface area contributed by atoms with E-state index in [-0.39, 0.29) is 19.0 Å². The van der Waals surface area contributed by atoms with Crippen LogP contribution in [0, 0.1) is 5.82 Å². The average Bonchev–Trinajstić information content (AvgIpc) is 3.17. The van der Waals surface area contributed by atoms with Gasteiger partial charge in [0.2, 0.25) is 0 Å². The van der Waals surface area contributed by atoms with Crippen molar-refractivity contribution in [2.45, 2.75) is 19.2 Å². The molecule has 1 atom stereocenters. The van der Waals surface area contributed by atoms with Gasteiger partial charge in [-0.1, -0.05) is 24.3 Å². The first-order valence-corrected chi connectivity index (χ1v) is 7.86. The molecule has 1 amide bonds. The molecule has 1 saturated heterocycles. The fourth-order valence-corrected chi connectivity index (χ4v) is 3.25. The van der Waals surface area contributed by atoms with Crippen molar-refractivity contribution in [1.82, 2.24) is 0 Å². The van der Waals surface area contributed by atoms with Crippen LogP contribution in [0.15, 0.2) is 42.5 Å². The summed E-state index contributed by atoms with van der Waals surface area (Å²) in [5.41, 5.74) is 3.36. The zero-order valence-electron chi connectivity index (χ0n) is 13.0. The lowest BCUT2D eigenvalue weighted by Gasteiger charge is -2.20. The van der Waals surface area contributed by atoms with Gasteiger partial charge in [-0.3, -0.25) is 4.90 Å². The van der Waals surface area contributed by atoms with Crippen LogP contribution in [-0.4, -0.2) is 30.5 Å². The Hall–Kier alpha value is -2.60. The number of amides is 1. The Kier molecular flexibility index (Phi) is 3.61. The number of cyclic esters (lactones) is 1. The van der Waals surface area contributed by atoms with Crippen molar-refractivity contribution in [2.75, 3.05) is 23.0 Å². The van der Waals surface area contributed by atoms with E-state index in [9.17, 15) is 9.18 Å². The second-order valence-electron chi connectivity index (χ2n) is 6.06. The third kappa shape index (κ3) is 2.49. The van der Waals surface area contributed by atoms with Crippen LogP contribution in [0.2, 0.25) is 0 Å². The third-order valence-electron chi connectivity index (χ3n) is 4.50. The van der Waals surface area contributed by atoms with Crippen molar-refractivity contribution in [1.29, 1.82) is 0 Å². The van der Waals surface area contributed by atoms with Crippen LogP contribution in [0.4, 0.5) is 20.6 Å². The van der Waals surface area contributed by atoms with E-state index in [4.69, 9.17) is 9.84 Å². The minimum absolute atomic E-state index is 0.225. The Labute approximate surface area is 138 Å². The Balaban J connectivity index is 1.57. The minimum Gasteiger partial charge on any atom is -0.441 e. The number of carbonyl (C=O) groups is 1. The molecule has 1 fully saturated rings. The summed E-state index contributed by atoms with van der Waals surface area (Å²) in [6, 6.07) is 12.8. The molecule has 2 aromatic rings. The third-order valence-corrected chi connectivity index (χ3v) is 4.50. The topological polar surface area (TPSA) is 53.0 Å². The first-order chi connectivity index (χ1) is 11.7. The zero-order chi connectivity index (χ0) is 16.7. The fourth-order valence-electron chi connectivity index (χ4n) is 3.25. The van der Waals surface area contributed by atoms with E-state index in [0.717, 1.165) is 0 Å². The van der Waals surface area contributed by atoms with E-state index < -0.39 is 12.2 Å². The number of fused-ring (bicyclic) bond motifs is 1. The molecule has 124 valence electrons. The van der Waals surface area contributed by atoms with Crippen molar-refractivity contribution in [3.63, 3.8) is 0 Å². The Morgan fingerprint density at radius 3 is 2.46 bits per heavy atom. The highest BCUT2D eigenvalue weighted by molar-refractivity contribution is 5.90. The van der Waals surface area contributed by atoms with E-state index in [1.54, 1.807) is 12.1 Å². The number of hydrogen-bond donors (Lipinski definition) is 1. The number of halogens is 1. The van der Waals surface area contributed by atoms with Gasteiger partial charge in [0.15, 0.2) is 0 Å². The maximum absolute atomic E-state index is 14.6. The second kappa shape index (κ2) is 5.79. The molecule has 5 nitrogen and oxygen atoms in total. The molecule has 0 aromatic heterocycles. The summed E-state index contributed by atoms with van der Waals surface area (Å²) >= 11 is 0. The largest absolute Gasteiger partial charge is 0.441 e. The van der Waals surface area contributed by atoms with Crippen molar-refractivity contribution >= 4 is 17.5 Å². The summed E-state index contributed by atoms with van der Waals surface area (Å²) in [6.07, 6.45) is -1.12. The summed E-state index contributed by atoms with van der Waals surface area (Å²) in [6.45, 7) is 1.33. The first-order valence-electron chi connectivity index (χ1n) is 7.86. The SMILES string of the molecule is O=C1OC(CO)CN1c1ccc(N2Cc3ccccc3C2)c(F)c1. The van der Waals surface area contributed by atoms with E-state index in [1.807, 2.05) is 17.0 Å². The van der Waals surface area contributed by atoms with Gasteiger partial charge in [-0.05, 0) is 29.3 Å². The molecule has 0 aliphatic carbocycles. The standard InChI is InChI=1S/C18H17FN2O3/c19-16-7-14(21-10-15(11-22)24-18(21)23)5-6-17(16)20-8-12-3-1-2-4-13(12)9-20/h1-7,15,22H,8-11H2. The van der Waals surface area contributed by atoms with Gasteiger partial charge in [-0.25, -0.2) is 9.18 Å². The first kappa shape index (κ1) is 15.0. The molecule has 2 aliphatic heterocycles. The van der Waals surface area contributed by atoms with E-state index in [2.05, 4.69) is 12.1 Å².